The van der Waals surface area contributed by atoms with Crippen molar-refractivity contribution in [3.8, 4) is 0 Å². The molecule has 1 atom stereocenters. The van der Waals surface area contributed by atoms with Crippen LogP contribution in [0.3, 0.4) is 0 Å². The Morgan fingerprint density at radius 2 is 1.12 bits per heavy atom. The quantitative estimate of drug-likeness (QED) is 0.165. The van der Waals surface area contributed by atoms with Gasteiger partial charge in [0.1, 0.15) is 0 Å². The Kier molecular flexibility index (Phi) is 7.96. The van der Waals surface area contributed by atoms with E-state index in [1.165, 1.54) is 140 Å². The molecule has 2 aliphatic carbocycles. The summed E-state index contributed by atoms with van der Waals surface area (Å²) in [5, 5.41) is 11.7. The van der Waals surface area contributed by atoms with E-state index in [2.05, 4.69) is 231 Å². The lowest BCUT2D eigenvalue weighted by Crippen LogP contribution is -2.12. The first kappa shape index (κ1) is 39.3. The molecule has 14 aromatic rings. The van der Waals surface area contributed by atoms with Gasteiger partial charge in [0.25, 0.3) is 0 Å². The number of nitrogens with zero attached hydrogens (tertiary/aromatic N) is 4. The van der Waals surface area contributed by atoms with Crippen LogP contribution >= 0.6 is 22.7 Å². The smallest absolute Gasteiger partial charge is 0.0641 e. The van der Waals surface area contributed by atoms with E-state index < -0.39 is 0 Å². The Morgan fingerprint density at radius 1 is 0.472 bits per heavy atom. The number of rotatable bonds is 6. The standard InChI is InChI=1S/C66H42N4S2/c1-3-17-39(18-4-1)67(55-29-15-25-45-41-21-9-13-31-59(41)71-65(45)55)53-35-33-43-49-37-58-50(38-57(49)69-51-27-11-7-23-47(51)61(53)63(43)69)44-34-36-54(62-48-24-8-12-28-52(48)70(58)64(44)62)68(40-19-5-2-6-20-40)56-30-16-26-46-42-22-10-14-32-60(42)72-66(46)56/h1-13,15-27,29-31,33-38,52H,14,28,32H2. The van der Waals surface area contributed by atoms with Gasteiger partial charge in [-0.2, -0.15) is 0 Å². The van der Waals surface area contributed by atoms with Crippen LogP contribution in [-0.2, 0) is 6.42 Å². The normalized spacial score (nSPS) is 15.2. The third-order valence-corrected chi connectivity index (χ3v) is 18.6. The minimum atomic E-state index is 0.191. The molecule has 9 aromatic carbocycles. The van der Waals surface area contributed by atoms with E-state index >= 15 is 0 Å². The third-order valence-electron chi connectivity index (χ3n) is 16.1. The molecule has 338 valence electrons. The maximum absolute atomic E-state index is 2.71. The summed E-state index contributed by atoms with van der Waals surface area (Å²) in [4.78, 5) is 6.57. The number of thiophene rings is 2. The summed E-state index contributed by atoms with van der Waals surface area (Å²) in [5.74, 6) is 0. The van der Waals surface area contributed by atoms with Crippen LogP contribution in [0.5, 0.6) is 0 Å². The summed E-state index contributed by atoms with van der Waals surface area (Å²) >= 11 is 3.87. The van der Waals surface area contributed by atoms with Gasteiger partial charge in [-0.15, -0.1) is 22.7 Å². The zero-order valence-electron chi connectivity index (χ0n) is 39.0. The minimum Gasteiger partial charge on any atom is -0.332 e. The maximum Gasteiger partial charge on any atom is 0.0641 e. The molecule has 17 rings (SSSR count). The van der Waals surface area contributed by atoms with Crippen LogP contribution in [0, 0.1) is 0 Å². The second-order valence-corrected chi connectivity index (χ2v) is 21.9. The summed E-state index contributed by atoms with van der Waals surface area (Å²) in [6.45, 7) is 0. The highest BCUT2D eigenvalue weighted by atomic mass is 32.1. The number of anilines is 6. The number of hydrogen-bond donors (Lipinski definition) is 0. The average molecular weight is 955 g/mol. The number of fused-ring (bicyclic) bond motifs is 18. The Balaban J connectivity index is 0.933. The molecule has 3 aliphatic rings. The Hall–Kier alpha value is -8.42. The van der Waals surface area contributed by atoms with E-state index in [4.69, 9.17) is 0 Å². The van der Waals surface area contributed by atoms with Gasteiger partial charge in [-0.1, -0.05) is 140 Å². The number of aryl methyl sites for hydroxylation is 1. The average Bonchev–Trinajstić information content (AvgIpc) is 4.29. The van der Waals surface area contributed by atoms with E-state index in [-0.39, 0.29) is 6.04 Å². The third kappa shape index (κ3) is 5.15. The van der Waals surface area contributed by atoms with Gasteiger partial charge < -0.3 is 18.8 Å². The van der Waals surface area contributed by atoms with Crippen molar-refractivity contribution in [3.05, 3.63) is 222 Å². The van der Waals surface area contributed by atoms with Crippen molar-refractivity contribution in [3.63, 3.8) is 0 Å². The zero-order valence-corrected chi connectivity index (χ0v) is 40.6. The summed E-state index contributed by atoms with van der Waals surface area (Å²) < 4.78 is 9.24. The lowest BCUT2D eigenvalue weighted by Gasteiger charge is -2.29. The van der Waals surface area contributed by atoms with Gasteiger partial charge in [0.2, 0.25) is 0 Å². The number of para-hydroxylation sites is 3. The highest BCUT2D eigenvalue weighted by Crippen LogP contribution is 2.57. The summed E-state index contributed by atoms with van der Waals surface area (Å²) in [6.07, 6.45) is 14.9. The highest BCUT2D eigenvalue weighted by molar-refractivity contribution is 7.26. The largest absolute Gasteiger partial charge is 0.332 e. The second kappa shape index (κ2) is 14.6. The molecule has 0 saturated carbocycles. The molecule has 0 amide bonds. The summed E-state index contributed by atoms with van der Waals surface area (Å²) in [5.41, 5.74) is 17.7. The maximum atomic E-state index is 2.71. The predicted molar refractivity (Wildman–Crippen MR) is 310 cm³/mol. The van der Waals surface area contributed by atoms with Crippen molar-refractivity contribution in [2.24, 2.45) is 0 Å². The van der Waals surface area contributed by atoms with E-state index in [9.17, 15) is 0 Å². The van der Waals surface area contributed by atoms with Crippen LogP contribution < -0.4 is 9.80 Å². The van der Waals surface area contributed by atoms with E-state index in [1.807, 2.05) is 22.7 Å². The molecule has 1 aliphatic heterocycles. The van der Waals surface area contributed by atoms with E-state index in [1.54, 1.807) is 0 Å². The van der Waals surface area contributed by atoms with Crippen LogP contribution in [0.4, 0.5) is 34.1 Å². The van der Waals surface area contributed by atoms with Crippen LogP contribution in [0.1, 0.15) is 34.9 Å². The molecule has 0 bridgehead atoms. The first-order valence-electron chi connectivity index (χ1n) is 25.2. The van der Waals surface area contributed by atoms with Crippen LogP contribution in [0.25, 0.3) is 102 Å². The SMILES string of the molecule is C1=CCC2C(=C1)c1c(N(c3ccccc3)c3cccc4c5c(sc34)CCC=C5)ccc3c4cc5c(cc4n2c13)c1ccc(N(c2ccccc2)c2cccc3c2sc2ccccc23)c2c3ccccc3n5c12. The van der Waals surface area contributed by atoms with Crippen molar-refractivity contribution >= 4 is 159 Å². The molecule has 0 saturated heterocycles. The van der Waals surface area contributed by atoms with E-state index in [0.29, 0.717) is 0 Å². The molecule has 1 unspecified atom stereocenters. The fourth-order valence-electron chi connectivity index (χ4n) is 13.2. The number of aromatic nitrogens is 2. The van der Waals surface area contributed by atoms with Gasteiger partial charge in [0.05, 0.1) is 65.8 Å². The van der Waals surface area contributed by atoms with Gasteiger partial charge in [-0.25, -0.2) is 0 Å². The van der Waals surface area contributed by atoms with Gasteiger partial charge in [0.15, 0.2) is 0 Å². The molecular formula is C66H42N4S2. The van der Waals surface area contributed by atoms with Crippen molar-refractivity contribution in [1.29, 1.82) is 0 Å². The predicted octanol–water partition coefficient (Wildman–Crippen LogP) is 19.3. The Bertz CT molecular complexity index is 4730. The lowest BCUT2D eigenvalue weighted by molar-refractivity contribution is 0.685. The van der Waals surface area contributed by atoms with Gasteiger partial charge in [0, 0.05) is 75.0 Å². The topological polar surface area (TPSA) is 15.8 Å². The molecule has 72 heavy (non-hydrogen) atoms. The number of allylic oxidation sites excluding steroid dienone is 5. The molecule has 4 nitrogen and oxygen atoms in total. The first-order valence-corrected chi connectivity index (χ1v) is 26.8. The van der Waals surface area contributed by atoms with Gasteiger partial charge in [-0.3, -0.25) is 0 Å². The molecular weight excluding hydrogens is 913 g/mol. The van der Waals surface area contributed by atoms with Gasteiger partial charge in [-0.05, 0) is 103 Å². The van der Waals surface area contributed by atoms with Crippen molar-refractivity contribution in [2.45, 2.75) is 25.3 Å². The van der Waals surface area contributed by atoms with Crippen LogP contribution in [0.15, 0.2) is 206 Å². The number of benzene rings is 9. The lowest BCUT2D eigenvalue weighted by atomic mass is 9.92. The molecule has 5 aromatic heterocycles. The Labute approximate surface area is 422 Å². The summed E-state index contributed by atoms with van der Waals surface area (Å²) in [6, 6.07) is 68.6. The summed E-state index contributed by atoms with van der Waals surface area (Å²) in [7, 11) is 0. The molecule has 6 heterocycles. The van der Waals surface area contributed by atoms with Crippen molar-refractivity contribution < 1.29 is 0 Å². The fourth-order valence-corrected chi connectivity index (χ4v) is 15.7. The molecule has 0 spiro atoms. The van der Waals surface area contributed by atoms with E-state index in [0.717, 1.165) is 24.9 Å². The molecule has 0 radical (unpaired) electrons. The Morgan fingerprint density at radius 3 is 1.94 bits per heavy atom. The fraction of sp³-hybridized carbons (Fsp3) is 0.0606. The zero-order chi connectivity index (χ0) is 46.8. The first-order chi connectivity index (χ1) is 35.8. The molecule has 0 fully saturated rings. The molecule has 6 heteroatoms. The second-order valence-electron chi connectivity index (χ2n) is 19.8. The van der Waals surface area contributed by atoms with Gasteiger partial charge >= 0.3 is 0 Å². The minimum absolute atomic E-state index is 0.191. The number of hydrogen-bond acceptors (Lipinski definition) is 4. The monoisotopic (exact) mass is 954 g/mol. The van der Waals surface area contributed by atoms with Crippen LogP contribution in [0.2, 0.25) is 0 Å². The van der Waals surface area contributed by atoms with Crippen molar-refractivity contribution in [2.75, 3.05) is 9.80 Å². The molecule has 0 N–H and O–H groups in total. The van der Waals surface area contributed by atoms with Crippen molar-refractivity contribution in [1.82, 2.24) is 8.97 Å². The highest BCUT2D eigenvalue weighted by Gasteiger charge is 2.37. The van der Waals surface area contributed by atoms with Crippen LogP contribution in [-0.4, -0.2) is 8.97 Å².